The van der Waals surface area contributed by atoms with E-state index in [4.69, 9.17) is 4.74 Å². The number of sulfonamides is 1. The number of hydrogen-bond acceptors (Lipinski definition) is 7. The van der Waals surface area contributed by atoms with Crippen LogP contribution in [0.5, 0.6) is 5.75 Å². The van der Waals surface area contributed by atoms with Gasteiger partial charge in [0.15, 0.2) is 0 Å². The summed E-state index contributed by atoms with van der Waals surface area (Å²) in [4.78, 5) is 10.5. The third kappa shape index (κ3) is 4.42. The van der Waals surface area contributed by atoms with Crippen LogP contribution in [0.15, 0.2) is 35.5 Å². The van der Waals surface area contributed by atoms with Crippen molar-refractivity contribution in [3.05, 3.63) is 41.9 Å². The molecule has 0 saturated heterocycles. The topological polar surface area (TPSA) is 108 Å². The Morgan fingerprint density at radius 1 is 1.29 bits per heavy atom. The largest absolute Gasteiger partial charge is 0.492 e. The molecule has 2 aliphatic rings. The van der Waals surface area contributed by atoms with Crippen LogP contribution in [0.2, 0.25) is 0 Å². The number of halogens is 3. The maximum absolute atomic E-state index is 12.8. The zero-order chi connectivity index (χ0) is 24.7. The Hall–Kier alpha value is -2.91. The lowest BCUT2D eigenvalue weighted by Crippen LogP contribution is -2.43. The van der Waals surface area contributed by atoms with Gasteiger partial charge in [0.25, 0.3) is 0 Å². The Kier molecular flexibility index (Phi) is 6.44. The molecular formula is C22H24F3N5O3S. The SMILES string of the molecule is CCOc1cnc2c(c1)C(C#N)C(c1ccc(S(=O)(=O)N[C@H](C)C(F)(F)F)cn1)N2C1CCC1. The maximum atomic E-state index is 12.8. The summed E-state index contributed by atoms with van der Waals surface area (Å²) in [7, 11) is -4.43. The van der Waals surface area contributed by atoms with Crippen molar-refractivity contribution < 1.29 is 26.3 Å². The average molecular weight is 496 g/mol. The van der Waals surface area contributed by atoms with Gasteiger partial charge >= 0.3 is 6.18 Å². The molecule has 3 heterocycles. The summed E-state index contributed by atoms with van der Waals surface area (Å²) in [6.45, 7) is 3.03. The molecule has 2 aromatic heterocycles. The molecule has 1 aliphatic carbocycles. The van der Waals surface area contributed by atoms with Crippen LogP contribution in [-0.2, 0) is 10.0 Å². The van der Waals surface area contributed by atoms with E-state index in [1.54, 1.807) is 17.0 Å². The number of rotatable bonds is 7. The van der Waals surface area contributed by atoms with Crippen LogP contribution in [0.25, 0.3) is 0 Å². The fraction of sp³-hybridized carbons (Fsp3) is 0.500. The molecule has 12 heteroatoms. The van der Waals surface area contributed by atoms with E-state index in [1.165, 1.54) is 12.1 Å². The lowest BCUT2D eigenvalue weighted by Gasteiger charge is -2.40. The summed E-state index contributed by atoms with van der Waals surface area (Å²) < 4.78 is 70.4. The number of ether oxygens (including phenoxy) is 1. The van der Waals surface area contributed by atoms with Gasteiger partial charge in [0.2, 0.25) is 10.0 Å². The molecule has 34 heavy (non-hydrogen) atoms. The molecule has 182 valence electrons. The number of fused-ring (bicyclic) bond motifs is 1. The van der Waals surface area contributed by atoms with Crippen LogP contribution in [0.1, 0.15) is 56.3 Å². The van der Waals surface area contributed by atoms with E-state index < -0.39 is 34.2 Å². The molecule has 0 radical (unpaired) electrons. The summed E-state index contributed by atoms with van der Waals surface area (Å²) in [5.41, 5.74) is 1.15. The van der Waals surface area contributed by atoms with E-state index in [-0.39, 0.29) is 10.9 Å². The molecule has 0 amide bonds. The van der Waals surface area contributed by atoms with Gasteiger partial charge in [-0.1, -0.05) is 0 Å². The van der Waals surface area contributed by atoms with Crippen LogP contribution >= 0.6 is 0 Å². The van der Waals surface area contributed by atoms with Crippen LogP contribution in [0.3, 0.4) is 0 Å². The minimum Gasteiger partial charge on any atom is -0.492 e. The number of anilines is 1. The first-order chi connectivity index (χ1) is 16.1. The molecule has 8 nitrogen and oxygen atoms in total. The fourth-order valence-electron chi connectivity index (χ4n) is 4.22. The standard InChI is InChI=1S/C22H24F3N5O3S/c1-3-33-15-9-17-18(10-26)20(30(14-5-4-6-14)21(17)28-11-15)19-8-7-16(12-27-19)34(31,32)29-13(2)22(23,24)25/h7-9,11-14,18,20,29H,3-6H2,1-2H3/t13-,18?,20?/m1/s1. The second kappa shape index (κ2) is 9.03. The minimum absolute atomic E-state index is 0.159. The first-order valence-corrected chi connectivity index (χ1v) is 12.4. The van der Waals surface area contributed by atoms with Crippen molar-refractivity contribution in [3.8, 4) is 11.8 Å². The Morgan fingerprint density at radius 2 is 2.03 bits per heavy atom. The Balaban J connectivity index is 1.68. The second-order valence-electron chi connectivity index (χ2n) is 8.36. The predicted molar refractivity (Wildman–Crippen MR) is 117 cm³/mol. The smallest absolute Gasteiger partial charge is 0.404 e. The van der Waals surface area contributed by atoms with Crippen molar-refractivity contribution in [3.63, 3.8) is 0 Å². The number of pyridine rings is 2. The van der Waals surface area contributed by atoms with Crippen LogP contribution in [0.4, 0.5) is 19.0 Å². The highest BCUT2D eigenvalue weighted by Crippen LogP contribution is 2.51. The molecule has 0 bridgehead atoms. The van der Waals surface area contributed by atoms with Gasteiger partial charge in [-0.25, -0.2) is 13.4 Å². The molecular weight excluding hydrogens is 471 g/mol. The summed E-state index contributed by atoms with van der Waals surface area (Å²) in [5, 5.41) is 10.0. The Bertz CT molecular complexity index is 1190. The summed E-state index contributed by atoms with van der Waals surface area (Å²) in [6, 6.07) is 4.19. The van der Waals surface area contributed by atoms with E-state index in [2.05, 4.69) is 20.9 Å². The highest BCUT2D eigenvalue weighted by atomic mass is 32.2. The Morgan fingerprint density at radius 3 is 2.56 bits per heavy atom. The van der Waals surface area contributed by atoms with Crippen molar-refractivity contribution >= 4 is 15.8 Å². The van der Waals surface area contributed by atoms with Crippen LogP contribution in [-0.4, -0.2) is 43.3 Å². The molecule has 0 aromatic carbocycles. The monoisotopic (exact) mass is 495 g/mol. The summed E-state index contributed by atoms with van der Waals surface area (Å²) in [6.07, 6.45) is 0.818. The van der Waals surface area contributed by atoms with Crippen molar-refractivity contribution in [2.45, 2.75) is 68.2 Å². The summed E-state index contributed by atoms with van der Waals surface area (Å²) in [5.74, 6) is 0.598. The molecule has 3 atom stereocenters. The predicted octanol–water partition coefficient (Wildman–Crippen LogP) is 3.83. The van der Waals surface area contributed by atoms with Gasteiger partial charge in [0.05, 0.1) is 30.6 Å². The molecule has 1 saturated carbocycles. The molecule has 1 fully saturated rings. The minimum atomic E-state index is -4.72. The number of nitrogens with zero attached hydrogens (tertiary/aromatic N) is 4. The lowest BCUT2D eigenvalue weighted by molar-refractivity contribution is -0.147. The van der Waals surface area contributed by atoms with Gasteiger partial charge in [-0.15, -0.1) is 0 Å². The maximum Gasteiger partial charge on any atom is 0.404 e. The summed E-state index contributed by atoms with van der Waals surface area (Å²) >= 11 is 0. The highest BCUT2D eigenvalue weighted by Gasteiger charge is 2.46. The van der Waals surface area contributed by atoms with Gasteiger partial charge in [0, 0.05) is 17.8 Å². The number of nitrogens with one attached hydrogen (secondary N) is 1. The van der Waals surface area contributed by atoms with E-state index in [9.17, 15) is 26.9 Å². The normalized spacial score (nSPS) is 21.5. The number of alkyl halides is 3. The third-order valence-electron chi connectivity index (χ3n) is 6.18. The number of nitriles is 1. The van der Waals surface area contributed by atoms with E-state index >= 15 is 0 Å². The van der Waals surface area contributed by atoms with E-state index in [0.717, 1.165) is 32.4 Å². The quantitative estimate of drug-likeness (QED) is 0.622. The molecule has 2 unspecified atom stereocenters. The second-order valence-corrected chi connectivity index (χ2v) is 10.1. The average Bonchev–Trinajstić information content (AvgIpc) is 3.05. The fourth-order valence-corrected chi connectivity index (χ4v) is 5.39. The Labute approximate surface area is 195 Å². The molecule has 1 N–H and O–H groups in total. The van der Waals surface area contributed by atoms with Crippen molar-refractivity contribution in [2.75, 3.05) is 11.5 Å². The van der Waals surface area contributed by atoms with Crippen molar-refractivity contribution in [1.82, 2.24) is 14.7 Å². The first-order valence-electron chi connectivity index (χ1n) is 10.9. The van der Waals surface area contributed by atoms with Crippen LogP contribution < -0.4 is 14.4 Å². The molecule has 4 rings (SSSR count). The first kappa shape index (κ1) is 24.2. The molecule has 0 spiro atoms. The third-order valence-corrected chi connectivity index (χ3v) is 7.70. The molecule has 1 aliphatic heterocycles. The number of hydrogen-bond donors (Lipinski definition) is 1. The van der Waals surface area contributed by atoms with Gasteiger partial charge in [-0.3, -0.25) is 4.98 Å². The van der Waals surface area contributed by atoms with Crippen molar-refractivity contribution in [2.24, 2.45) is 0 Å². The van der Waals surface area contributed by atoms with Gasteiger partial charge in [-0.2, -0.15) is 23.2 Å². The zero-order valence-electron chi connectivity index (χ0n) is 18.6. The van der Waals surface area contributed by atoms with Gasteiger partial charge in [-0.05, 0) is 51.3 Å². The van der Waals surface area contributed by atoms with Gasteiger partial charge < -0.3 is 9.64 Å². The lowest BCUT2D eigenvalue weighted by atomic mass is 9.88. The number of aromatic nitrogens is 2. The van der Waals surface area contributed by atoms with E-state index in [1.807, 2.05) is 6.92 Å². The van der Waals surface area contributed by atoms with Crippen LogP contribution in [0, 0.1) is 11.3 Å². The highest BCUT2D eigenvalue weighted by molar-refractivity contribution is 7.89. The van der Waals surface area contributed by atoms with Crippen molar-refractivity contribution in [1.29, 1.82) is 5.26 Å². The zero-order valence-corrected chi connectivity index (χ0v) is 19.4. The van der Waals surface area contributed by atoms with Gasteiger partial charge in [0.1, 0.15) is 28.4 Å². The molecule has 2 aromatic rings. The van der Waals surface area contributed by atoms with E-state index in [0.29, 0.717) is 29.4 Å².